The van der Waals surface area contributed by atoms with Crippen molar-refractivity contribution in [1.29, 1.82) is 0 Å². The second kappa shape index (κ2) is 6.21. The highest BCUT2D eigenvalue weighted by Gasteiger charge is 2.19. The predicted octanol–water partition coefficient (Wildman–Crippen LogP) is 1.53. The molecule has 0 radical (unpaired) electrons. The first-order chi connectivity index (χ1) is 7.07. The summed E-state index contributed by atoms with van der Waals surface area (Å²) >= 11 is 3.50. The maximum atomic E-state index is 11.3. The monoisotopic (exact) mass is 297 g/mol. The molecule has 1 aliphatic heterocycles. The minimum Gasteiger partial charge on any atom is -0.302 e. The second-order valence-electron chi connectivity index (χ2n) is 4.18. The first-order valence-electron chi connectivity index (χ1n) is 5.56. The van der Waals surface area contributed by atoms with Crippen LogP contribution in [0.4, 0.5) is 0 Å². The fraction of sp³-hybridized carbons (Fsp3) is 1.00. The van der Waals surface area contributed by atoms with E-state index < -0.39 is 9.84 Å². The van der Waals surface area contributed by atoms with E-state index in [-0.39, 0.29) is 5.75 Å². The number of likely N-dealkylation sites (tertiary alicyclic amines) is 1. The van der Waals surface area contributed by atoms with Gasteiger partial charge in [-0.05, 0) is 31.8 Å². The Morgan fingerprint density at radius 2 is 1.93 bits per heavy atom. The molecule has 90 valence electrons. The topological polar surface area (TPSA) is 37.4 Å². The predicted molar refractivity (Wildman–Crippen MR) is 67.3 cm³/mol. The Labute approximate surface area is 101 Å². The van der Waals surface area contributed by atoms with Crippen molar-refractivity contribution in [3.05, 3.63) is 0 Å². The SMILES string of the molecule is CCS(=O)(=O)CCN1CCC(CBr)CC1. The summed E-state index contributed by atoms with van der Waals surface area (Å²) < 4.78 is 22.7. The Hall–Kier alpha value is 0.390. The summed E-state index contributed by atoms with van der Waals surface area (Å²) in [6.07, 6.45) is 2.38. The quantitative estimate of drug-likeness (QED) is 0.722. The number of rotatable bonds is 5. The van der Waals surface area contributed by atoms with Crippen LogP contribution in [-0.4, -0.2) is 49.8 Å². The van der Waals surface area contributed by atoms with Gasteiger partial charge in [-0.2, -0.15) is 0 Å². The smallest absolute Gasteiger partial charge is 0.151 e. The fourth-order valence-electron chi connectivity index (χ4n) is 1.78. The molecule has 0 aliphatic carbocycles. The molecule has 0 amide bonds. The van der Waals surface area contributed by atoms with Crippen molar-refractivity contribution in [3.8, 4) is 0 Å². The van der Waals surface area contributed by atoms with Gasteiger partial charge in [0.2, 0.25) is 0 Å². The van der Waals surface area contributed by atoms with E-state index in [2.05, 4.69) is 20.8 Å². The summed E-state index contributed by atoms with van der Waals surface area (Å²) in [6, 6.07) is 0. The van der Waals surface area contributed by atoms with E-state index in [1.807, 2.05) is 0 Å². The number of sulfone groups is 1. The van der Waals surface area contributed by atoms with Crippen molar-refractivity contribution < 1.29 is 8.42 Å². The van der Waals surface area contributed by atoms with Crippen molar-refractivity contribution in [2.45, 2.75) is 19.8 Å². The van der Waals surface area contributed by atoms with Gasteiger partial charge in [-0.3, -0.25) is 0 Å². The molecule has 15 heavy (non-hydrogen) atoms. The molecule has 1 rings (SSSR count). The lowest BCUT2D eigenvalue weighted by Gasteiger charge is -2.30. The molecule has 0 aromatic heterocycles. The Kier molecular flexibility index (Phi) is 5.57. The summed E-state index contributed by atoms with van der Waals surface area (Å²) in [5, 5.41) is 1.08. The standard InChI is InChI=1S/C10H20BrNO2S/c1-2-15(13,14)8-7-12-5-3-10(9-11)4-6-12/h10H,2-9H2,1H3. The Morgan fingerprint density at radius 3 is 2.40 bits per heavy atom. The fourth-order valence-corrected chi connectivity index (χ4v) is 3.25. The molecule has 0 unspecified atom stereocenters. The Balaban J connectivity index is 2.25. The summed E-state index contributed by atoms with van der Waals surface area (Å²) in [5.74, 6) is 1.37. The molecule has 1 heterocycles. The van der Waals surface area contributed by atoms with Gasteiger partial charge in [0.25, 0.3) is 0 Å². The molecule has 0 N–H and O–H groups in total. The maximum absolute atomic E-state index is 11.3. The second-order valence-corrected chi connectivity index (χ2v) is 7.30. The highest BCUT2D eigenvalue weighted by molar-refractivity contribution is 9.09. The maximum Gasteiger partial charge on any atom is 0.151 e. The third-order valence-corrected chi connectivity index (χ3v) is 5.68. The average Bonchev–Trinajstić information content (AvgIpc) is 2.27. The van der Waals surface area contributed by atoms with E-state index in [0.29, 0.717) is 12.3 Å². The van der Waals surface area contributed by atoms with Gasteiger partial charge >= 0.3 is 0 Å². The molecule has 3 nitrogen and oxygen atoms in total. The minimum absolute atomic E-state index is 0.269. The molecule has 0 bridgehead atoms. The third kappa shape index (κ3) is 4.83. The van der Waals surface area contributed by atoms with Crippen molar-refractivity contribution in [2.75, 3.05) is 36.5 Å². The van der Waals surface area contributed by atoms with E-state index in [1.165, 1.54) is 12.8 Å². The Morgan fingerprint density at radius 1 is 1.33 bits per heavy atom. The number of hydrogen-bond acceptors (Lipinski definition) is 3. The largest absolute Gasteiger partial charge is 0.302 e. The molecular formula is C10H20BrNO2S. The number of piperidine rings is 1. The molecule has 0 aromatic rings. The molecule has 0 aromatic carbocycles. The zero-order valence-electron chi connectivity index (χ0n) is 9.28. The van der Waals surface area contributed by atoms with Crippen LogP contribution in [0.3, 0.4) is 0 Å². The van der Waals surface area contributed by atoms with Gasteiger partial charge in [-0.1, -0.05) is 22.9 Å². The summed E-state index contributed by atoms with van der Waals surface area (Å²) in [4.78, 5) is 2.27. The van der Waals surface area contributed by atoms with Crippen LogP contribution in [0.25, 0.3) is 0 Å². The molecule has 1 aliphatic rings. The van der Waals surface area contributed by atoms with Crippen LogP contribution in [-0.2, 0) is 9.84 Å². The van der Waals surface area contributed by atoms with E-state index in [4.69, 9.17) is 0 Å². The van der Waals surface area contributed by atoms with Gasteiger partial charge in [0.15, 0.2) is 9.84 Å². The van der Waals surface area contributed by atoms with Crippen LogP contribution in [0.5, 0.6) is 0 Å². The van der Waals surface area contributed by atoms with E-state index in [0.717, 1.165) is 24.3 Å². The van der Waals surface area contributed by atoms with Gasteiger partial charge in [0, 0.05) is 17.6 Å². The van der Waals surface area contributed by atoms with Crippen molar-refractivity contribution in [1.82, 2.24) is 4.90 Å². The Bertz CT molecular complexity index is 271. The van der Waals surface area contributed by atoms with Crippen LogP contribution >= 0.6 is 15.9 Å². The number of alkyl halides is 1. The van der Waals surface area contributed by atoms with E-state index in [1.54, 1.807) is 6.92 Å². The highest BCUT2D eigenvalue weighted by Crippen LogP contribution is 2.18. The van der Waals surface area contributed by atoms with Crippen molar-refractivity contribution in [3.63, 3.8) is 0 Å². The van der Waals surface area contributed by atoms with E-state index >= 15 is 0 Å². The number of nitrogens with zero attached hydrogens (tertiary/aromatic N) is 1. The third-order valence-electron chi connectivity index (χ3n) is 3.08. The molecule has 0 saturated carbocycles. The first-order valence-corrected chi connectivity index (χ1v) is 8.50. The lowest BCUT2D eigenvalue weighted by Crippen LogP contribution is -2.37. The first kappa shape index (κ1) is 13.5. The minimum atomic E-state index is -2.79. The van der Waals surface area contributed by atoms with Crippen molar-refractivity contribution in [2.24, 2.45) is 5.92 Å². The van der Waals surface area contributed by atoms with Gasteiger partial charge in [0.05, 0.1) is 5.75 Å². The molecule has 0 spiro atoms. The molecular weight excluding hydrogens is 278 g/mol. The normalized spacial score (nSPS) is 20.7. The molecule has 1 fully saturated rings. The van der Waals surface area contributed by atoms with Gasteiger partial charge < -0.3 is 4.90 Å². The van der Waals surface area contributed by atoms with E-state index in [9.17, 15) is 8.42 Å². The van der Waals surface area contributed by atoms with Gasteiger partial charge in [-0.25, -0.2) is 8.42 Å². The van der Waals surface area contributed by atoms with Crippen LogP contribution < -0.4 is 0 Å². The van der Waals surface area contributed by atoms with Crippen LogP contribution in [0.1, 0.15) is 19.8 Å². The number of hydrogen-bond donors (Lipinski definition) is 0. The lowest BCUT2D eigenvalue weighted by molar-refractivity contribution is 0.204. The van der Waals surface area contributed by atoms with Crippen LogP contribution in [0.2, 0.25) is 0 Å². The zero-order valence-corrected chi connectivity index (χ0v) is 11.7. The average molecular weight is 298 g/mol. The highest BCUT2D eigenvalue weighted by atomic mass is 79.9. The molecule has 5 heteroatoms. The van der Waals surface area contributed by atoms with Gasteiger partial charge in [0.1, 0.15) is 0 Å². The van der Waals surface area contributed by atoms with Crippen molar-refractivity contribution >= 4 is 25.8 Å². The molecule has 0 atom stereocenters. The van der Waals surface area contributed by atoms with Crippen LogP contribution in [0.15, 0.2) is 0 Å². The summed E-state index contributed by atoms with van der Waals surface area (Å²) in [6.45, 7) is 4.53. The summed E-state index contributed by atoms with van der Waals surface area (Å²) in [7, 11) is -2.79. The zero-order chi connectivity index (χ0) is 11.3. The van der Waals surface area contributed by atoms with Gasteiger partial charge in [-0.15, -0.1) is 0 Å². The molecule has 1 saturated heterocycles. The summed E-state index contributed by atoms with van der Waals surface area (Å²) in [5.41, 5.74) is 0. The van der Waals surface area contributed by atoms with Crippen LogP contribution in [0, 0.1) is 5.92 Å². The lowest BCUT2D eigenvalue weighted by atomic mass is 9.99. The number of halogens is 1.